The van der Waals surface area contributed by atoms with E-state index in [0.717, 1.165) is 23.8 Å². The second-order valence-electron chi connectivity index (χ2n) is 5.81. The first-order chi connectivity index (χ1) is 12.2. The highest BCUT2D eigenvalue weighted by atomic mass is 35.5. The third-order valence-electron chi connectivity index (χ3n) is 4.19. The smallest absolute Gasteiger partial charge is 0.322 e. The molecule has 1 N–H and O–H groups in total. The third kappa shape index (κ3) is 4.37. The summed E-state index contributed by atoms with van der Waals surface area (Å²) in [6.07, 6.45) is 0. The summed E-state index contributed by atoms with van der Waals surface area (Å²) in [5.41, 5.74) is 1.83. The lowest BCUT2D eigenvalue weighted by Crippen LogP contribution is -2.50. The summed E-state index contributed by atoms with van der Waals surface area (Å²) in [6.45, 7) is 5.42. The van der Waals surface area contributed by atoms with Crippen molar-refractivity contribution in [1.82, 2.24) is 4.90 Å². The molecule has 0 bridgehead atoms. The summed E-state index contributed by atoms with van der Waals surface area (Å²) < 4.78 is 5.56. The van der Waals surface area contributed by atoms with Gasteiger partial charge in [0.2, 0.25) is 0 Å². The van der Waals surface area contributed by atoms with Gasteiger partial charge < -0.3 is 19.9 Å². The molecule has 3 rings (SSSR count). The first-order valence-electron chi connectivity index (χ1n) is 8.45. The molecule has 2 amide bonds. The van der Waals surface area contributed by atoms with Crippen molar-refractivity contribution >= 4 is 29.0 Å². The molecule has 2 aromatic carbocycles. The van der Waals surface area contributed by atoms with Gasteiger partial charge in [0.1, 0.15) is 5.75 Å². The van der Waals surface area contributed by atoms with E-state index in [4.69, 9.17) is 16.3 Å². The van der Waals surface area contributed by atoms with Crippen LogP contribution in [0.1, 0.15) is 6.92 Å². The van der Waals surface area contributed by atoms with E-state index in [9.17, 15) is 4.79 Å². The Morgan fingerprint density at radius 1 is 1.08 bits per heavy atom. The number of piperazine rings is 1. The van der Waals surface area contributed by atoms with E-state index >= 15 is 0 Å². The number of ether oxygens (including phenoxy) is 1. The Hall–Kier alpha value is -2.40. The third-order valence-corrected chi connectivity index (χ3v) is 4.44. The summed E-state index contributed by atoms with van der Waals surface area (Å²) in [5.74, 6) is 0.693. The van der Waals surface area contributed by atoms with Crippen molar-refractivity contribution in [1.29, 1.82) is 0 Å². The second kappa shape index (κ2) is 8.12. The minimum Gasteiger partial charge on any atom is -0.492 e. The number of hydrogen-bond donors (Lipinski definition) is 1. The summed E-state index contributed by atoms with van der Waals surface area (Å²) >= 11 is 5.94. The Morgan fingerprint density at radius 3 is 2.44 bits per heavy atom. The Balaban J connectivity index is 1.57. The zero-order valence-electron chi connectivity index (χ0n) is 14.2. The Labute approximate surface area is 153 Å². The minimum atomic E-state index is -0.0945. The maximum atomic E-state index is 12.5. The van der Waals surface area contributed by atoms with Crippen LogP contribution in [0.5, 0.6) is 5.75 Å². The number of carbonyl (C=O) groups is 1. The van der Waals surface area contributed by atoms with Crippen LogP contribution in [-0.2, 0) is 0 Å². The molecule has 0 saturated carbocycles. The molecule has 0 aromatic heterocycles. The van der Waals surface area contributed by atoms with Crippen LogP contribution in [-0.4, -0.2) is 43.7 Å². The van der Waals surface area contributed by atoms with Crippen LogP contribution in [0.4, 0.5) is 16.2 Å². The molecule has 5 nitrogen and oxygen atoms in total. The Morgan fingerprint density at radius 2 is 1.76 bits per heavy atom. The normalized spacial score (nSPS) is 14.3. The van der Waals surface area contributed by atoms with Gasteiger partial charge in [-0.3, -0.25) is 0 Å². The quantitative estimate of drug-likeness (QED) is 0.894. The van der Waals surface area contributed by atoms with E-state index < -0.39 is 0 Å². The highest BCUT2D eigenvalue weighted by Crippen LogP contribution is 2.24. The molecule has 6 heteroatoms. The van der Waals surface area contributed by atoms with E-state index in [1.54, 1.807) is 0 Å². The maximum Gasteiger partial charge on any atom is 0.322 e. The summed E-state index contributed by atoms with van der Waals surface area (Å²) in [6, 6.07) is 15.2. The fourth-order valence-electron chi connectivity index (χ4n) is 2.87. The molecular formula is C19H22ClN3O2. The van der Waals surface area contributed by atoms with E-state index in [1.165, 1.54) is 0 Å². The molecule has 1 aliphatic rings. The lowest BCUT2D eigenvalue weighted by atomic mass is 10.2. The van der Waals surface area contributed by atoms with Crippen molar-refractivity contribution in [2.45, 2.75) is 6.92 Å². The highest BCUT2D eigenvalue weighted by Gasteiger charge is 2.22. The number of nitrogens with one attached hydrogen (secondary N) is 1. The summed E-state index contributed by atoms with van der Waals surface area (Å²) in [4.78, 5) is 16.6. The molecule has 0 atom stereocenters. The van der Waals surface area contributed by atoms with Gasteiger partial charge in [0, 0.05) is 36.9 Å². The van der Waals surface area contributed by atoms with Crippen molar-refractivity contribution in [2.75, 3.05) is 43.0 Å². The molecule has 132 valence electrons. The number of carbonyl (C=O) groups excluding carboxylic acids is 1. The first-order valence-corrected chi connectivity index (χ1v) is 8.83. The van der Waals surface area contributed by atoms with Gasteiger partial charge in [-0.05, 0) is 43.3 Å². The number of hydrogen-bond acceptors (Lipinski definition) is 3. The van der Waals surface area contributed by atoms with Gasteiger partial charge >= 0.3 is 6.03 Å². The van der Waals surface area contributed by atoms with Crippen LogP contribution in [0.3, 0.4) is 0 Å². The molecule has 1 saturated heterocycles. The number of halogens is 1. The first kappa shape index (κ1) is 17.4. The highest BCUT2D eigenvalue weighted by molar-refractivity contribution is 6.30. The molecular weight excluding hydrogens is 338 g/mol. The Bertz CT molecular complexity index is 713. The van der Waals surface area contributed by atoms with Crippen molar-refractivity contribution in [3.8, 4) is 5.75 Å². The van der Waals surface area contributed by atoms with Crippen LogP contribution in [0.15, 0.2) is 48.5 Å². The number of anilines is 2. The maximum absolute atomic E-state index is 12.5. The zero-order chi connectivity index (χ0) is 17.6. The minimum absolute atomic E-state index is 0.0945. The predicted octanol–water partition coefficient (Wildman–Crippen LogP) is 4.09. The molecule has 25 heavy (non-hydrogen) atoms. The fourth-order valence-corrected chi connectivity index (χ4v) is 2.99. The molecule has 0 radical (unpaired) electrons. The predicted molar refractivity (Wildman–Crippen MR) is 102 cm³/mol. The largest absolute Gasteiger partial charge is 0.492 e. The molecule has 0 aliphatic carbocycles. The molecule has 1 aliphatic heterocycles. The van der Waals surface area contributed by atoms with E-state index in [-0.39, 0.29) is 6.03 Å². The lowest BCUT2D eigenvalue weighted by Gasteiger charge is -2.36. The van der Waals surface area contributed by atoms with Gasteiger partial charge in [0.05, 0.1) is 12.3 Å². The van der Waals surface area contributed by atoms with Gasteiger partial charge in [-0.25, -0.2) is 4.79 Å². The van der Waals surface area contributed by atoms with E-state index in [0.29, 0.717) is 31.1 Å². The fraction of sp³-hybridized carbons (Fsp3) is 0.316. The molecule has 0 unspecified atom stereocenters. The van der Waals surface area contributed by atoms with Gasteiger partial charge in [-0.2, -0.15) is 0 Å². The SMILES string of the molecule is CCOc1ccccc1NC(=O)N1CCN(c2ccc(Cl)cc2)CC1. The van der Waals surface area contributed by atoms with Crippen molar-refractivity contribution in [2.24, 2.45) is 0 Å². The lowest BCUT2D eigenvalue weighted by molar-refractivity contribution is 0.208. The second-order valence-corrected chi connectivity index (χ2v) is 6.25. The van der Waals surface area contributed by atoms with Crippen LogP contribution in [0, 0.1) is 0 Å². The number of rotatable bonds is 4. The number of benzene rings is 2. The van der Waals surface area contributed by atoms with Crippen molar-refractivity contribution < 1.29 is 9.53 Å². The van der Waals surface area contributed by atoms with Crippen molar-refractivity contribution in [3.63, 3.8) is 0 Å². The van der Waals surface area contributed by atoms with E-state index in [2.05, 4.69) is 10.2 Å². The van der Waals surface area contributed by atoms with E-state index in [1.807, 2.05) is 60.4 Å². The van der Waals surface area contributed by atoms with Crippen LogP contribution >= 0.6 is 11.6 Å². The van der Waals surface area contributed by atoms with Gasteiger partial charge in [-0.15, -0.1) is 0 Å². The zero-order valence-corrected chi connectivity index (χ0v) is 15.0. The van der Waals surface area contributed by atoms with Gasteiger partial charge in [-0.1, -0.05) is 23.7 Å². The molecule has 2 aromatic rings. The Kier molecular flexibility index (Phi) is 5.66. The number of urea groups is 1. The van der Waals surface area contributed by atoms with Crippen LogP contribution < -0.4 is 15.0 Å². The molecule has 1 fully saturated rings. The average molecular weight is 360 g/mol. The summed E-state index contributed by atoms with van der Waals surface area (Å²) in [5, 5.41) is 3.68. The van der Waals surface area contributed by atoms with Crippen LogP contribution in [0.25, 0.3) is 0 Å². The monoisotopic (exact) mass is 359 g/mol. The van der Waals surface area contributed by atoms with Gasteiger partial charge in [0.15, 0.2) is 0 Å². The standard InChI is InChI=1S/C19H22ClN3O2/c1-2-25-18-6-4-3-5-17(18)21-19(24)23-13-11-22(12-14-23)16-9-7-15(20)8-10-16/h3-10H,2,11-14H2,1H3,(H,21,24). The average Bonchev–Trinajstić information content (AvgIpc) is 2.64. The molecule has 1 heterocycles. The topological polar surface area (TPSA) is 44.8 Å². The number of amides is 2. The van der Waals surface area contributed by atoms with Crippen LogP contribution in [0.2, 0.25) is 5.02 Å². The number of para-hydroxylation sites is 2. The molecule has 0 spiro atoms. The summed E-state index contributed by atoms with van der Waals surface area (Å²) in [7, 11) is 0. The number of nitrogens with zero attached hydrogens (tertiary/aromatic N) is 2. The van der Waals surface area contributed by atoms with Gasteiger partial charge in [0.25, 0.3) is 0 Å². The van der Waals surface area contributed by atoms with Crippen molar-refractivity contribution in [3.05, 3.63) is 53.6 Å².